The Bertz CT molecular complexity index is 1010. The van der Waals surface area contributed by atoms with Crippen LogP contribution in [0.2, 0.25) is 0 Å². The Morgan fingerprint density at radius 1 is 1.19 bits per heavy atom. The van der Waals surface area contributed by atoms with Crippen molar-refractivity contribution in [2.45, 2.75) is 26.8 Å². The van der Waals surface area contributed by atoms with Crippen LogP contribution in [0.3, 0.4) is 0 Å². The van der Waals surface area contributed by atoms with E-state index in [0.717, 1.165) is 16.5 Å². The molecule has 0 bridgehead atoms. The van der Waals surface area contributed by atoms with E-state index in [-0.39, 0.29) is 11.5 Å². The number of carbonyl (C=O) groups excluding carboxylic acids is 1. The summed E-state index contributed by atoms with van der Waals surface area (Å²) in [4.78, 5) is 29.1. The highest BCUT2D eigenvalue weighted by molar-refractivity contribution is 6.09. The maximum Gasteiger partial charge on any atom is 0.255 e. The lowest BCUT2D eigenvalue weighted by Gasteiger charge is -2.14. The fourth-order valence-corrected chi connectivity index (χ4v) is 2.96. The van der Waals surface area contributed by atoms with E-state index in [9.17, 15) is 9.59 Å². The number of aromatic nitrogens is 2. The standard InChI is InChI=1S/C21H23N3O3/c1-3-16-13-19(25)24(14-23-16)12-11-22-21(26)20-17-8-6-5-7-15(17)9-10-18(20)27-4-2/h5-10,13-14H,3-4,11-12H2,1-2H3,(H,22,26). The van der Waals surface area contributed by atoms with Crippen molar-refractivity contribution in [3.63, 3.8) is 0 Å². The Morgan fingerprint density at radius 3 is 2.74 bits per heavy atom. The number of nitrogens with one attached hydrogen (secondary N) is 1. The molecule has 3 rings (SSSR count). The van der Waals surface area contributed by atoms with Gasteiger partial charge in [-0.1, -0.05) is 37.3 Å². The quantitative estimate of drug-likeness (QED) is 0.699. The first-order chi connectivity index (χ1) is 13.1. The van der Waals surface area contributed by atoms with Crippen LogP contribution in [-0.4, -0.2) is 28.6 Å². The van der Waals surface area contributed by atoms with Crippen LogP contribution in [0.25, 0.3) is 10.8 Å². The zero-order valence-corrected chi connectivity index (χ0v) is 15.6. The van der Waals surface area contributed by atoms with Gasteiger partial charge in [-0.3, -0.25) is 14.2 Å². The van der Waals surface area contributed by atoms with Crippen LogP contribution in [0.5, 0.6) is 5.75 Å². The van der Waals surface area contributed by atoms with Crippen molar-refractivity contribution in [2.75, 3.05) is 13.2 Å². The van der Waals surface area contributed by atoms with Gasteiger partial charge in [0.1, 0.15) is 5.75 Å². The lowest BCUT2D eigenvalue weighted by Crippen LogP contribution is -2.31. The van der Waals surface area contributed by atoms with E-state index in [1.54, 1.807) is 0 Å². The van der Waals surface area contributed by atoms with Gasteiger partial charge in [0.05, 0.1) is 18.5 Å². The molecule has 0 saturated carbocycles. The average Bonchev–Trinajstić information content (AvgIpc) is 2.69. The number of benzene rings is 2. The van der Waals surface area contributed by atoms with Crippen LogP contribution < -0.4 is 15.6 Å². The van der Waals surface area contributed by atoms with Gasteiger partial charge in [0, 0.05) is 24.8 Å². The molecule has 1 amide bonds. The molecular formula is C21H23N3O3. The molecule has 0 unspecified atom stereocenters. The third-order valence-electron chi connectivity index (χ3n) is 4.35. The molecule has 1 aromatic heterocycles. The van der Waals surface area contributed by atoms with Crippen LogP contribution in [0, 0.1) is 0 Å². The van der Waals surface area contributed by atoms with Crippen LogP contribution in [0.15, 0.2) is 53.6 Å². The molecule has 6 nitrogen and oxygen atoms in total. The second-order valence-corrected chi connectivity index (χ2v) is 6.11. The average molecular weight is 365 g/mol. The van der Waals surface area contributed by atoms with Crippen LogP contribution in [0.1, 0.15) is 29.9 Å². The van der Waals surface area contributed by atoms with E-state index in [1.165, 1.54) is 17.0 Å². The van der Waals surface area contributed by atoms with Crippen molar-refractivity contribution in [3.8, 4) is 5.75 Å². The van der Waals surface area contributed by atoms with Gasteiger partial charge in [-0.25, -0.2) is 4.98 Å². The number of carbonyl (C=O) groups is 1. The summed E-state index contributed by atoms with van der Waals surface area (Å²) < 4.78 is 7.14. The van der Waals surface area contributed by atoms with E-state index in [2.05, 4.69) is 10.3 Å². The zero-order chi connectivity index (χ0) is 19.2. The zero-order valence-electron chi connectivity index (χ0n) is 15.6. The van der Waals surface area contributed by atoms with Crippen LogP contribution in [-0.2, 0) is 13.0 Å². The first-order valence-electron chi connectivity index (χ1n) is 9.12. The highest BCUT2D eigenvalue weighted by atomic mass is 16.5. The van der Waals surface area contributed by atoms with Gasteiger partial charge in [0.15, 0.2) is 0 Å². The SMILES string of the molecule is CCOc1ccc2ccccc2c1C(=O)NCCn1cnc(CC)cc1=O. The first-order valence-corrected chi connectivity index (χ1v) is 9.12. The summed E-state index contributed by atoms with van der Waals surface area (Å²) in [6, 6.07) is 13.0. The lowest BCUT2D eigenvalue weighted by molar-refractivity contribution is 0.0950. The molecule has 3 aromatic rings. The summed E-state index contributed by atoms with van der Waals surface area (Å²) in [6.45, 7) is 4.99. The van der Waals surface area contributed by atoms with E-state index < -0.39 is 0 Å². The number of rotatable bonds is 7. The number of hydrogen-bond donors (Lipinski definition) is 1. The molecule has 0 atom stereocenters. The molecule has 1 N–H and O–H groups in total. The van der Waals surface area contributed by atoms with Gasteiger partial charge < -0.3 is 10.1 Å². The van der Waals surface area contributed by atoms with E-state index in [4.69, 9.17) is 4.74 Å². The summed E-state index contributed by atoms with van der Waals surface area (Å²) in [5.41, 5.74) is 1.16. The predicted octanol–water partition coefficient (Wildman–Crippen LogP) is 2.79. The molecule has 6 heteroatoms. The highest BCUT2D eigenvalue weighted by Crippen LogP contribution is 2.28. The third-order valence-corrected chi connectivity index (χ3v) is 4.35. The minimum atomic E-state index is -0.221. The maximum absolute atomic E-state index is 12.8. The summed E-state index contributed by atoms with van der Waals surface area (Å²) in [5.74, 6) is 0.335. The summed E-state index contributed by atoms with van der Waals surface area (Å²) in [5, 5.41) is 4.70. The largest absolute Gasteiger partial charge is 0.493 e. The van der Waals surface area contributed by atoms with E-state index >= 15 is 0 Å². The second-order valence-electron chi connectivity index (χ2n) is 6.11. The van der Waals surface area contributed by atoms with Gasteiger partial charge in [-0.15, -0.1) is 0 Å². The van der Waals surface area contributed by atoms with Gasteiger partial charge in [0.25, 0.3) is 11.5 Å². The molecule has 2 aromatic carbocycles. The molecule has 0 aliphatic rings. The van der Waals surface area contributed by atoms with Crippen molar-refractivity contribution >= 4 is 16.7 Å². The van der Waals surface area contributed by atoms with Crippen LogP contribution >= 0.6 is 0 Å². The Morgan fingerprint density at radius 2 is 2.00 bits per heavy atom. The van der Waals surface area contributed by atoms with E-state index in [1.807, 2.05) is 50.2 Å². The van der Waals surface area contributed by atoms with E-state index in [0.29, 0.717) is 37.4 Å². The molecule has 0 spiro atoms. The summed E-state index contributed by atoms with van der Waals surface area (Å²) in [6.07, 6.45) is 2.24. The second kappa shape index (κ2) is 8.49. The maximum atomic E-state index is 12.8. The topological polar surface area (TPSA) is 73.2 Å². The molecular weight excluding hydrogens is 342 g/mol. The number of amides is 1. The number of ether oxygens (including phenoxy) is 1. The first kappa shape index (κ1) is 18.6. The number of fused-ring (bicyclic) bond motifs is 1. The van der Waals surface area contributed by atoms with Gasteiger partial charge in [-0.05, 0) is 30.2 Å². The minimum Gasteiger partial charge on any atom is -0.493 e. The van der Waals surface area contributed by atoms with Crippen LogP contribution in [0.4, 0.5) is 0 Å². The molecule has 0 fully saturated rings. The monoisotopic (exact) mass is 365 g/mol. The van der Waals surface area contributed by atoms with Gasteiger partial charge >= 0.3 is 0 Å². The number of aryl methyl sites for hydroxylation is 1. The summed E-state index contributed by atoms with van der Waals surface area (Å²) in [7, 11) is 0. The molecule has 0 aliphatic carbocycles. The fraction of sp³-hybridized carbons (Fsp3) is 0.286. The normalized spacial score (nSPS) is 10.7. The van der Waals surface area contributed by atoms with Crippen molar-refractivity contribution in [1.82, 2.24) is 14.9 Å². The third kappa shape index (κ3) is 4.16. The molecule has 0 aliphatic heterocycles. The smallest absolute Gasteiger partial charge is 0.255 e. The molecule has 0 saturated heterocycles. The highest BCUT2D eigenvalue weighted by Gasteiger charge is 2.16. The molecule has 0 radical (unpaired) electrons. The molecule has 140 valence electrons. The fourth-order valence-electron chi connectivity index (χ4n) is 2.96. The van der Waals surface area contributed by atoms with Crippen molar-refractivity contribution < 1.29 is 9.53 Å². The van der Waals surface area contributed by atoms with Crippen molar-refractivity contribution in [3.05, 3.63) is 70.4 Å². The number of nitrogens with zero attached hydrogens (tertiary/aromatic N) is 2. The van der Waals surface area contributed by atoms with Gasteiger partial charge in [0.2, 0.25) is 0 Å². The van der Waals surface area contributed by atoms with Gasteiger partial charge in [-0.2, -0.15) is 0 Å². The Balaban J connectivity index is 1.78. The Labute approximate surface area is 157 Å². The molecule has 27 heavy (non-hydrogen) atoms. The molecule has 1 heterocycles. The van der Waals surface area contributed by atoms with Crippen molar-refractivity contribution in [1.29, 1.82) is 0 Å². The summed E-state index contributed by atoms with van der Waals surface area (Å²) >= 11 is 0. The predicted molar refractivity (Wildman–Crippen MR) is 105 cm³/mol. The minimum absolute atomic E-state index is 0.115. The lowest BCUT2D eigenvalue weighted by atomic mass is 10.0. The number of hydrogen-bond acceptors (Lipinski definition) is 4. The Hall–Kier alpha value is -3.15. The Kier molecular flexibility index (Phi) is 5.86. The van der Waals surface area contributed by atoms with Crippen molar-refractivity contribution in [2.24, 2.45) is 0 Å².